The van der Waals surface area contributed by atoms with Crippen molar-refractivity contribution in [3.8, 4) is 17.0 Å². The van der Waals surface area contributed by atoms with Crippen molar-refractivity contribution < 1.29 is 14.0 Å². The lowest BCUT2D eigenvalue weighted by Crippen LogP contribution is -2.03. The molecular weight excluding hydrogens is 254 g/mol. The van der Waals surface area contributed by atoms with Gasteiger partial charge in [-0.05, 0) is 36.4 Å². The molecule has 1 aromatic heterocycles. The molecule has 4 nitrogen and oxygen atoms in total. The predicted octanol–water partition coefficient (Wildman–Crippen LogP) is 3.27. The zero-order valence-electron chi connectivity index (χ0n) is 10.8. The third-order valence-corrected chi connectivity index (χ3v) is 3.34. The van der Waals surface area contributed by atoms with E-state index in [0.29, 0.717) is 6.61 Å². The molecule has 1 aliphatic rings. The number of nitrogens with zero attached hydrogens (tertiary/aromatic N) is 1. The Morgan fingerprint density at radius 3 is 2.70 bits per heavy atom. The van der Waals surface area contributed by atoms with Crippen molar-refractivity contribution in [3.05, 3.63) is 48.5 Å². The van der Waals surface area contributed by atoms with E-state index in [1.807, 2.05) is 48.5 Å². The molecule has 0 spiro atoms. The van der Waals surface area contributed by atoms with Crippen LogP contribution in [0.4, 0.5) is 0 Å². The fourth-order valence-electron chi connectivity index (χ4n) is 2.16. The van der Waals surface area contributed by atoms with Gasteiger partial charge < -0.3 is 14.0 Å². The van der Waals surface area contributed by atoms with Crippen LogP contribution < -0.4 is 4.74 Å². The third-order valence-electron chi connectivity index (χ3n) is 3.34. The largest absolute Gasteiger partial charge is 0.491 e. The number of hydrogen-bond acceptors (Lipinski definition) is 4. The van der Waals surface area contributed by atoms with Gasteiger partial charge in [-0.3, -0.25) is 0 Å². The van der Waals surface area contributed by atoms with Gasteiger partial charge in [0.1, 0.15) is 24.2 Å². The minimum atomic E-state index is 0.272. The summed E-state index contributed by atoms with van der Waals surface area (Å²) in [4.78, 5) is 0. The second-order valence-corrected chi connectivity index (χ2v) is 4.82. The summed E-state index contributed by atoms with van der Waals surface area (Å²) in [6.07, 6.45) is 0.272. The van der Waals surface area contributed by atoms with E-state index in [2.05, 4.69) is 5.16 Å². The molecule has 0 bridgehead atoms. The van der Waals surface area contributed by atoms with Crippen LogP contribution in [0.1, 0.15) is 0 Å². The van der Waals surface area contributed by atoms with Crippen LogP contribution in [0.2, 0.25) is 0 Å². The molecule has 1 saturated heterocycles. The third kappa shape index (κ3) is 2.14. The number of epoxide rings is 1. The number of benzene rings is 2. The van der Waals surface area contributed by atoms with Gasteiger partial charge in [0.25, 0.3) is 0 Å². The monoisotopic (exact) mass is 267 g/mol. The van der Waals surface area contributed by atoms with Gasteiger partial charge in [0, 0.05) is 10.9 Å². The summed E-state index contributed by atoms with van der Waals surface area (Å²) in [5.74, 6) is 0.844. The summed E-state index contributed by atoms with van der Waals surface area (Å²) in [7, 11) is 0. The maximum Gasteiger partial charge on any atom is 0.167 e. The standard InChI is InChI=1S/C16H13NO3/c1-2-4-15-14(3-1)16(17-20-15)11-5-7-12(8-6-11)18-9-13-10-19-13/h1-8,13H,9-10H2. The zero-order valence-corrected chi connectivity index (χ0v) is 10.8. The van der Waals surface area contributed by atoms with Crippen molar-refractivity contribution in [3.63, 3.8) is 0 Å². The second-order valence-electron chi connectivity index (χ2n) is 4.82. The highest BCUT2D eigenvalue weighted by Gasteiger charge is 2.23. The van der Waals surface area contributed by atoms with E-state index in [1.54, 1.807) is 0 Å². The Kier molecular flexibility index (Phi) is 2.67. The molecule has 1 fully saturated rings. The summed E-state index contributed by atoms with van der Waals surface area (Å²) in [5.41, 5.74) is 2.68. The lowest BCUT2D eigenvalue weighted by Gasteiger charge is -2.04. The molecule has 1 unspecified atom stereocenters. The molecule has 3 aromatic rings. The number of para-hydroxylation sites is 1. The van der Waals surface area contributed by atoms with Crippen molar-refractivity contribution in [2.24, 2.45) is 0 Å². The van der Waals surface area contributed by atoms with E-state index in [4.69, 9.17) is 14.0 Å². The Bertz CT molecular complexity index is 729. The smallest absolute Gasteiger partial charge is 0.167 e. The van der Waals surface area contributed by atoms with Crippen molar-refractivity contribution >= 4 is 11.0 Å². The number of hydrogen-bond donors (Lipinski definition) is 0. The lowest BCUT2D eigenvalue weighted by molar-refractivity contribution is 0.263. The summed E-state index contributed by atoms with van der Waals surface area (Å²) >= 11 is 0. The summed E-state index contributed by atoms with van der Waals surface area (Å²) in [6, 6.07) is 15.7. The van der Waals surface area contributed by atoms with Gasteiger partial charge in [-0.15, -0.1) is 0 Å². The van der Waals surface area contributed by atoms with Crippen LogP contribution in [-0.4, -0.2) is 24.5 Å². The van der Waals surface area contributed by atoms with Gasteiger partial charge >= 0.3 is 0 Å². The Morgan fingerprint density at radius 2 is 1.90 bits per heavy atom. The maximum absolute atomic E-state index is 5.62. The van der Waals surface area contributed by atoms with Crippen LogP contribution in [0.5, 0.6) is 5.75 Å². The molecule has 4 rings (SSSR count). The maximum atomic E-state index is 5.62. The molecule has 0 saturated carbocycles. The molecule has 2 aromatic carbocycles. The normalized spacial score (nSPS) is 17.3. The summed E-state index contributed by atoms with van der Waals surface area (Å²) < 4.78 is 16.1. The molecule has 0 amide bonds. The van der Waals surface area contributed by atoms with Crippen molar-refractivity contribution in [2.75, 3.05) is 13.2 Å². The number of ether oxygens (including phenoxy) is 2. The average molecular weight is 267 g/mol. The lowest BCUT2D eigenvalue weighted by atomic mass is 10.1. The number of fused-ring (bicyclic) bond motifs is 1. The van der Waals surface area contributed by atoms with Crippen LogP contribution in [-0.2, 0) is 4.74 Å². The van der Waals surface area contributed by atoms with Gasteiger partial charge in [-0.2, -0.15) is 0 Å². The predicted molar refractivity (Wildman–Crippen MR) is 74.7 cm³/mol. The van der Waals surface area contributed by atoms with Gasteiger partial charge in [0.2, 0.25) is 0 Å². The zero-order chi connectivity index (χ0) is 13.4. The SMILES string of the molecule is c1ccc2c(-c3ccc(OCC4CO4)cc3)noc2c1. The highest BCUT2D eigenvalue weighted by Crippen LogP contribution is 2.29. The molecule has 0 N–H and O–H groups in total. The Hall–Kier alpha value is -2.33. The fraction of sp³-hybridized carbons (Fsp3) is 0.188. The first-order valence-corrected chi connectivity index (χ1v) is 6.59. The van der Waals surface area contributed by atoms with Crippen LogP contribution in [0.25, 0.3) is 22.2 Å². The van der Waals surface area contributed by atoms with Crippen LogP contribution in [0.3, 0.4) is 0 Å². The fourth-order valence-corrected chi connectivity index (χ4v) is 2.16. The van der Waals surface area contributed by atoms with E-state index < -0.39 is 0 Å². The first-order chi connectivity index (χ1) is 9.90. The second kappa shape index (κ2) is 4.65. The number of aromatic nitrogens is 1. The average Bonchev–Trinajstić information content (AvgIpc) is 3.23. The highest BCUT2D eigenvalue weighted by atomic mass is 16.6. The van der Waals surface area contributed by atoms with Crippen molar-refractivity contribution in [1.82, 2.24) is 5.16 Å². The summed E-state index contributed by atoms with van der Waals surface area (Å²) in [5, 5.41) is 5.16. The van der Waals surface area contributed by atoms with Gasteiger partial charge in [-0.25, -0.2) is 0 Å². The molecule has 0 aliphatic carbocycles. The van der Waals surface area contributed by atoms with Crippen molar-refractivity contribution in [1.29, 1.82) is 0 Å². The van der Waals surface area contributed by atoms with Crippen LogP contribution in [0.15, 0.2) is 53.1 Å². The van der Waals surface area contributed by atoms with E-state index in [0.717, 1.165) is 34.6 Å². The quantitative estimate of drug-likeness (QED) is 0.681. The van der Waals surface area contributed by atoms with Gasteiger partial charge in [-0.1, -0.05) is 17.3 Å². The molecule has 4 heteroatoms. The van der Waals surface area contributed by atoms with Gasteiger partial charge in [0.05, 0.1) is 6.61 Å². The first kappa shape index (κ1) is 11.5. The summed E-state index contributed by atoms with van der Waals surface area (Å²) in [6.45, 7) is 1.43. The first-order valence-electron chi connectivity index (χ1n) is 6.59. The Balaban J connectivity index is 1.61. The molecular formula is C16H13NO3. The molecule has 100 valence electrons. The van der Waals surface area contributed by atoms with Crippen LogP contribution >= 0.6 is 0 Å². The Morgan fingerprint density at radius 1 is 1.10 bits per heavy atom. The van der Waals surface area contributed by atoms with E-state index in [1.165, 1.54) is 0 Å². The van der Waals surface area contributed by atoms with Gasteiger partial charge in [0.15, 0.2) is 5.58 Å². The molecule has 1 atom stereocenters. The number of rotatable bonds is 4. The van der Waals surface area contributed by atoms with E-state index in [9.17, 15) is 0 Å². The minimum Gasteiger partial charge on any atom is -0.491 e. The van der Waals surface area contributed by atoms with Crippen molar-refractivity contribution in [2.45, 2.75) is 6.10 Å². The van der Waals surface area contributed by atoms with Crippen LogP contribution in [0, 0.1) is 0 Å². The molecule has 20 heavy (non-hydrogen) atoms. The Labute approximate surface area is 115 Å². The van der Waals surface area contributed by atoms with E-state index >= 15 is 0 Å². The minimum absolute atomic E-state index is 0.272. The topological polar surface area (TPSA) is 47.8 Å². The van der Waals surface area contributed by atoms with E-state index in [-0.39, 0.29) is 6.10 Å². The molecule has 1 aliphatic heterocycles. The highest BCUT2D eigenvalue weighted by molar-refractivity contribution is 5.91. The molecule has 0 radical (unpaired) electrons. The molecule has 2 heterocycles.